The SMILES string of the molecule is CC[C@H](CO)NCc1cc(=O)oc2c(C)c(C)ccc12. The molecule has 4 heteroatoms. The topological polar surface area (TPSA) is 62.5 Å². The molecule has 0 saturated carbocycles. The summed E-state index contributed by atoms with van der Waals surface area (Å²) in [6.45, 7) is 6.61. The molecule has 0 saturated heterocycles. The quantitative estimate of drug-likeness (QED) is 0.822. The van der Waals surface area contributed by atoms with Gasteiger partial charge >= 0.3 is 5.63 Å². The Bertz CT molecular complexity index is 657. The van der Waals surface area contributed by atoms with E-state index in [1.54, 1.807) is 0 Å². The maximum Gasteiger partial charge on any atom is 0.336 e. The Morgan fingerprint density at radius 2 is 2.10 bits per heavy atom. The minimum absolute atomic E-state index is 0.0452. The van der Waals surface area contributed by atoms with E-state index in [0.717, 1.165) is 28.5 Å². The van der Waals surface area contributed by atoms with Crippen molar-refractivity contribution in [1.82, 2.24) is 5.32 Å². The fourth-order valence-corrected chi connectivity index (χ4v) is 2.26. The monoisotopic (exact) mass is 275 g/mol. The number of aryl methyl sites for hydroxylation is 2. The number of aliphatic hydroxyl groups excluding tert-OH is 1. The Hall–Kier alpha value is -1.65. The van der Waals surface area contributed by atoms with Crippen LogP contribution in [-0.4, -0.2) is 17.8 Å². The van der Waals surface area contributed by atoms with Gasteiger partial charge in [-0.2, -0.15) is 0 Å². The molecule has 0 unspecified atom stereocenters. The first-order valence-electron chi connectivity index (χ1n) is 6.94. The van der Waals surface area contributed by atoms with Gasteiger partial charge in [-0.15, -0.1) is 0 Å². The van der Waals surface area contributed by atoms with Crippen molar-refractivity contribution in [2.45, 2.75) is 39.8 Å². The third-order valence-corrected chi connectivity index (χ3v) is 3.81. The molecule has 0 radical (unpaired) electrons. The lowest BCUT2D eigenvalue weighted by Crippen LogP contribution is -2.31. The Balaban J connectivity index is 2.43. The van der Waals surface area contributed by atoms with Crippen molar-refractivity contribution in [1.29, 1.82) is 0 Å². The summed E-state index contributed by atoms with van der Waals surface area (Å²) in [5.41, 5.74) is 3.33. The van der Waals surface area contributed by atoms with Crippen LogP contribution >= 0.6 is 0 Å². The lowest BCUT2D eigenvalue weighted by atomic mass is 10.0. The van der Waals surface area contributed by atoms with Gasteiger partial charge in [0.2, 0.25) is 0 Å². The van der Waals surface area contributed by atoms with Gasteiger partial charge in [0.05, 0.1) is 6.61 Å². The lowest BCUT2D eigenvalue weighted by Gasteiger charge is -2.15. The normalized spacial score (nSPS) is 12.8. The number of rotatable bonds is 5. The first-order chi connectivity index (χ1) is 9.56. The molecule has 2 rings (SSSR count). The van der Waals surface area contributed by atoms with Gasteiger partial charge in [0.1, 0.15) is 5.58 Å². The molecule has 0 spiro atoms. The molecule has 108 valence electrons. The van der Waals surface area contributed by atoms with Gasteiger partial charge in [-0.05, 0) is 37.0 Å². The standard InChI is InChI=1S/C16H21NO3/c1-4-13(9-18)17-8-12-7-15(19)20-16-11(3)10(2)5-6-14(12)16/h5-7,13,17-18H,4,8-9H2,1-3H3/t13-/m1/s1. The smallest absolute Gasteiger partial charge is 0.336 e. The first kappa shape index (κ1) is 14.8. The summed E-state index contributed by atoms with van der Waals surface area (Å²) in [7, 11) is 0. The Morgan fingerprint density at radius 3 is 2.75 bits per heavy atom. The average Bonchev–Trinajstić information content (AvgIpc) is 2.44. The van der Waals surface area contributed by atoms with Gasteiger partial charge < -0.3 is 14.8 Å². The van der Waals surface area contributed by atoms with E-state index in [4.69, 9.17) is 4.42 Å². The predicted molar refractivity (Wildman–Crippen MR) is 80.0 cm³/mol. The van der Waals surface area contributed by atoms with E-state index in [-0.39, 0.29) is 18.3 Å². The molecule has 1 atom stereocenters. The summed E-state index contributed by atoms with van der Waals surface area (Å²) in [6, 6.07) is 5.58. The Labute approximate surface area is 118 Å². The zero-order valence-electron chi connectivity index (χ0n) is 12.2. The number of nitrogens with one attached hydrogen (secondary N) is 1. The van der Waals surface area contributed by atoms with E-state index >= 15 is 0 Å². The fourth-order valence-electron chi connectivity index (χ4n) is 2.26. The predicted octanol–water partition coefficient (Wildman–Crippen LogP) is 2.27. The van der Waals surface area contributed by atoms with Crippen LogP contribution in [0.4, 0.5) is 0 Å². The summed E-state index contributed by atoms with van der Waals surface area (Å²) < 4.78 is 5.34. The van der Waals surface area contributed by atoms with Crippen molar-refractivity contribution in [2.24, 2.45) is 0 Å². The van der Waals surface area contributed by atoms with Crippen LogP contribution in [0.1, 0.15) is 30.0 Å². The summed E-state index contributed by atoms with van der Waals surface area (Å²) in [6.07, 6.45) is 0.841. The highest BCUT2D eigenvalue weighted by Gasteiger charge is 2.11. The molecule has 0 aliphatic carbocycles. The third kappa shape index (κ3) is 2.92. The minimum atomic E-state index is -0.333. The molecule has 1 aromatic carbocycles. The minimum Gasteiger partial charge on any atom is -0.422 e. The van der Waals surface area contributed by atoms with Crippen LogP contribution in [0.2, 0.25) is 0 Å². The molecule has 0 aliphatic heterocycles. The second-order valence-electron chi connectivity index (χ2n) is 5.14. The van der Waals surface area contributed by atoms with E-state index in [0.29, 0.717) is 12.1 Å². The highest BCUT2D eigenvalue weighted by atomic mass is 16.4. The van der Waals surface area contributed by atoms with Crippen LogP contribution in [0.3, 0.4) is 0 Å². The van der Waals surface area contributed by atoms with E-state index in [1.165, 1.54) is 6.07 Å². The van der Waals surface area contributed by atoms with Gasteiger partial charge in [-0.1, -0.05) is 19.1 Å². The summed E-state index contributed by atoms with van der Waals surface area (Å²) in [5, 5.41) is 13.4. The lowest BCUT2D eigenvalue weighted by molar-refractivity contribution is 0.238. The molecule has 0 fully saturated rings. The van der Waals surface area contributed by atoms with Gasteiger partial charge in [-0.25, -0.2) is 4.79 Å². The summed E-state index contributed by atoms with van der Waals surface area (Å²) in [4.78, 5) is 11.7. The number of hydrogen-bond acceptors (Lipinski definition) is 4. The maximum atomic E-state index is 11.7. The Morgan fingerprint density at radius 1 is 1.35 bits per heavy atom. The van der Waals surface area contributed by atoms with Gasteiger partial charge in [0.15, 0.2) is 0 Å². The van der Waals surface area contributed by atoms with Crippen molar-refractivity contribution in [3.63, 3.8) is 0 Å². The first-order valence-corrected chi connectivity index (χ1v) is 6.94. The maximum absolute atomic E-state index is 11.7. The van der Waals surface area contributed by atoms with Gasteiger partial charge in [0.25, 0.3) is 0 Å². The van der Waals surface area contributed by atoms with Crippen LogP contribution in [0.15, 0.2) is 27.4 Å². The molecule has 1 aromatic heterocycles. The van der Waals surface area contributed by atoms with Crippen LogP contribution in [0, 0.1) is 13.8 Å². The number of aliphatic hydroxyl groups is 1. The summed E-state index contributed by atoms with van der Waals surface area (Å²) in [5.74, 6) is 0. The number of fused-ring (bicyclic) bond motifs is 1. The van der Waals surface area contributed by atoms with Crippen LogP contribution < -0.4 is 10.9 Å². The fraction of sp³-hybridized carbons (Fsp3) is 0.438. The zero-order chi connectivity index (χ0) is 14.7. The van der Waals surface area contributed by atoms with E-state index in [1.807, 2.05) is 32.9 Å². The van der Waals surface area contributed by atoms with Gasteiger partial charge in [-0.3, -0.25) is 0 Å². The molecular weight excluding hydrogens is 254 g/mol. The van der Waals surface area contributed by atoms with Crippen LogP contribution in [0.5, 0.6) is 0 Å². The molecule has 4 nitrogen and oxygen atoms in total. The van der Waals surface area contributed by atoms with Crippen molar-refractivity contribution in [2.75, 3.05) is 6.61 Å². The van der Waals surface area contributed by atoms with Crippen LogP contribution in [0.25, 0.3) is 11.0 Å². The van der Waals surface area contributed by atoms with Crippen molar-refractivity contribution in [3.8, 4) is 0 Å². The third-order valence-electron chi connectivity index (χ3n) is 3.81. The molecule has 0 amide bonds. The van der Waals surface area contributed by atoms with Crippen LogP contribution in [-0.2, 0) is 6.54 Å². The second kappa shape index (κ2) is 6.20. The molecule has 0 bridgehead atoms. The average molecular weight is 275 g/mol. The molecular formula is C16H21NO3. The highest BCUT2D eigenvalue weighted by molar-refractivity contribution is 5.83. The number of hydrogen-bond donors (Lipinski definition) is 2. The molecule has 1 heterocycles. The van der Waals surface area contributed by atoms with E-state index < -0.39 is 0 Å². The van der Waals surface area contributed by atoms with Crippen molar-refractivity contribution in [3.05, 3.63) is 45.3 Å². The van der Waals surface area contributed by atoms with E-state index in [2.05, 4.69) is 5.32 Å². The highest BCUT2D eigenvalue weighted by Crippen LogP contribution is 2.23. The second-order valence-corrected chi connectivity index (χ2v) is 5.14. The molecule has 2 aromatic rings. The van der Waals surface area contributed by atoms with E-state index in [9.17, 15) is 9.90 Å². The Kier molecular flexibility index (Phi) is 4.57. The molecule has 2 N–H and O–H groups in total. The van der Waals surface area contributed by atoms with Crippen molar-refractivity contribution >= 4 is 11.0 Å². The largest absolute Gasteiger partial charge is 0.422 e. The zero-order valence-corrected chi connectivity index (χ0v) is 12.2. The number of benzene rings is 1. The van der Waals surface area contributed by atoms with Crippen molar-refractivity contribution < 1.29 is 9.52 Å². The molecule has 0 aliphatic rings. The van der Waals surface area contributed by atoms with Gasteiger partial charge in [0, 0.05) is 24.0 Å². The molecule has 20 heavy (non-hydrogen) atoms. The summed E-state index contributed by atoms with van der Waals surface area (Å²) >= 11 is 0.